The molecule has 8 aromatic carbocycles. The zero-order valence-corrected chi connectivity index (χ0v) is 33.4. The number of para-hydroxylation sites is 3. The molecular formula is C53H31F6N5. The number of hydrogen-bond acceptors (Lipinski definition) is 3. The van der Waals surface area contributed by atoms with E-state index in [1.807, 2.05) is 126 Å². The number of fused-ring (bicyclic) bond motifs is 6. The Hall–Kier alpha value is -8.05. The van der Waals surface area contributed by atoms with Crippen molar-refractivity contribution in [3.05, 3.63) is 199 Å². The Morgan fingerprint density at radius 1 is 0.328 bits per heavy atom. The van der Waals surface area contributed by atoms with Crippen LogP contribution in [0.1, 0.15) is 11.1 Å². The number of halogens is 6. The highest BCUT2D eigenvalue weighted by molar-refractivity contribution is 6.12. The maximum absolute atomic E-state index is 14.4. The van der Waals surface area contributed by atoms with Crippen LogP contribution in [0.3, 0.4) is 0 Å². The molecule has 310 valence electrons. The number of nitrogens with zero attached hydrogens (tertiary/aromatic N) is 5. The van der Waals surface area contributed by atoms with Crippen molar-refractivity contribution in [2.75, 3.05) is 0 Å². The van der Waals surface area contributed by atoms with E-state index in [9.17, 15) is 26.3 Å². The SMILES string of the molecule is FC(F)(F)c1cc(-c2ccc(-c3nc(-c4ccccc4)nc(-c4ccccc4)n3)cc2-n2c3ccccc3c3cc(-n4c5ccccc5c5ccccc54)ccc32)cc(C(F)(F)F)c1. The Morgan fingerprint density at radius 2 is 0.766 bits per heavy atom. The van der Waals surface area contributed by atoms with Gasteiger partial charge in [0.15, 0.2) is 17.5 Å². The Labute approximate surface area is 361 Å². The lowest BCUT2D eigenvalue weighted by molar-refractivity contribution is -0.143. The Balaban J connectivity index is 1.20. The summed E-state index contributed by atoms with van der Waals surface area (Å²) < 4.78 is 90.7. The van der Waals surface area contributed by atoms with Gasteiger partial charge in [-0.3, -0.25) is 0 Å². The third kappa shape index (κ3) is 6.64. The van der Waals surface area contributed by atoms with Crippen LogP contribution in [0, 0.1) is 0 Å². The molecule has 11 rings (SSSR count). The van der Waals surface area contributed by atoms with Crippen molar-refractivity contribution in [2.24, 2.45) is 0 Å². The van der Waals surface area contributed by atoms with E-state index < -0.39 is 23.5 Å². The molecule has 0 amide bonds. The molecule has 11 heteroatoms. The summed E-state index contributed by atoms with van der Waals surface area (Å²) in [5.41, 5.74) is 3.54. The van der Waals surface area contributed by atoms with Crippen LogP contribution >= 0.6 is 0 Å². The fourth-order valence-corrected chi connectivity index (χ4v) is 8.71. The van der Waals surface area contributed by atoms with Gasteiger partial charge in [0.2, 0.25) is 0 Å². The average molecular weight is 852 g/mol. The maximum Gasteiger partial charge on any atom is 0.416 e. The van der Waals surface area contributed by atoms with E-state index in [0.29, 0.717) is 33.9 Å². The van der Waals surface area contributed by atoms with Gasteiger partial charge in [0.05, 0.1) is 38.9 Å². The second kappa shape index (κ2) is 14.8. The van der Waals surface area contributed by atoms with Gasteiger partial charge in [0, 0.05) is 49.5 Å². The van der Waals surface area contributed by atoms with Crippen molar-refractivity contribution in [3.8, 4) is 56.7 Å². The lowest BCUT2D eigenvalue weighted by Gasteiger charge is -2.19. The molecule has 0 N–H and O–H groups in total. The van der Waals surface area contributed by atoms with E-state index >= 15 is 0 Å². The van der Waals surface area contributed by atoms with Crippen LogP contribution in [0.25, 0.3) is 100 Å². The first-order valence-corrected chi connectivity index (χ1v) is 20.3. The third-order valence-corrected chi connectivity index (χ3v) is 11.6. The molecule has 0 bridgehead atoms. The van der Waals surface area contributed by atoms with Gasteiger partial charge in [-0.25, -0.2) is 15.0 Å². The smallest absolute Gasteiger partial charge is 0.309 e. The molecular weight excluding hydrogens is 821 g/mol. The molecule has 11 aromatic rings. The van der Waals surface area contributed by atoms with Crippen LogP contribution in [-0.2, 0) is 12.4 Å². The van der Waals surface area contributed by atoms with Crippen LogP contribution in [0.4, 0.5) is 26.3 Å². The second-order valence-electron chi connectivity index (χ2n) is 15.5. The first-order chi connectivity index (χ1) is 31.0. The molecule has 64 heavy (non-hydrogen) atoms. The van der Waals surface area contributed by atoms with E-state index in [0.717, 1.165) is 61.5 Å². The van der Waals surface area contributed by atoms with Gasteiger partial charge in [-0.15, -0.1) is 0 Å². The van der Waals surface area contributed by atoms with Crippen molar-refractivity contribution in [3.63, 3.8) is 0 Å². The van der Waals surface area contributed by atoms with Crippen LogP contribution in [0.5, 0.6) is 0 Å². The van der Waals surface area contributed by atoms with Crippen molar-refractivity contribution in [1.29, 1.82) is 0 Å². The number of aromatic nitrogens is 5. The number of alkyl halides is 6. The van der Waals surface area contributed by atoms with Crippen LogP contribution in [0.2, 0.25) is 0 Å². The molecule has 0 aliphatic carbocycles. The van der Waals surface area contributed by atoms with Crippen molar-refractivity contribution >= 4 is 43.6 Å². The molecule has 0 saturated heterocycles. The highest BCUT2D eigenvalue weighted by atomic mass is 19.4. The van der Waals surface area contributed by atoms with Gasteiger partial charge in [0.1, 0.15) is 0 Å². The summed E-state index contributed by atoms with van der Waals surface area (Å²) in [4.78, 5) is 14.6. The van der Waals surface area contributed by atoms with E-state index in [1.165, 1.54) is 0 Å². The number of rotatable bonds is 6. The van der Waals surface area contributed by atoms with Crippen molar-refractivity contribution in [1.82, 2.24) is 24.1 Å². The zero-order valence-electron chi connectivity index (χ0n) is 33.4. The molecule has 3 aromatic heterocycles. The first kappa shape index (κ1) is 38.8. The topological polar surface area (TPSA) is 48.5 Å². The molecule has 0 spiro atoms. The monoisotopic (exact) mass is 851 g/mol. The molecule has 0 radical (unpaired) electrons. The first-order valence-electron chi connectivity index (χ1n) is 20.3. The number of hydrogen-bond donors (Lipinski definition) is 0. The predicted molar refractivity (Wildman–Crippen MR) is 240 cm³/mol. The van der Waals surface area contributed by atoms with Crippen molar-refractivity contribution in [2.45, 2.75) is 12.4 Å². The standard InChI is InChI=1S/C53H31F6N5/c54-52(55,56)36-27-35(28-37(30-36)53(57,58)59)39-25-23-34(51-61-49(32-13-3-1-4-14-32)60-50(62-51)33-15-5-2-6-16-33)29-48(39)64-46-22-12-9-19-42(46)43-31-38(24-26-47(43)64)63-44-20-10-7-17-40(44)41-18-8-11-21-45(41)63/h1-31H. The van der Waals surface area contributed by atoms with Crippen LogP contribution in [0.15, 0.2) is 188 Å². The minimum Gasteiger partial charge on any atom is -0.309 e. The van der Waals surface area contributed by atoms with Gasteiger partial charge >= 0.3 is 12.4 Å². The zero-order chi connectivity index (χ0) is 43.7. The normalized spacial score (nSPS) is 12.2. The molecule has 0 aliphatic heterocycles. The summed E-state index contributed by atoms with van der Waals surface area (Å²) in [6.07, 6.45) is -10.1. The van der Waals surface area contributed by atoms with Crippen LogP contribution in [-0.4, -0.2) is 24.1 Å². The summed E-state index contributed by atoms with van der Waals surface area (Å²) in [6.45, 7) is 0. The highest BCUT2D eigenvalue weighted by Crippen LogP contribution is 2.44. The predicted octanol–water partition coefficient (Wildman–Crippen LogP) is 14.8. The minimum atomic E-state index is -5.06. The Bertz CT molecular complexity index is 3450. The summed E-state index contributed by atoms with van der Waals surface area (Å²) in [5.74, 6) is 1.03. The Morgan fingerprint density at radius 3 is 1.28 bits per heavy atom. The molecule has 0 fully saturated rings. The molecule has 0 atom stereocenters. The van der Waals surface area contributed by atoms with E-state index in [4.69, 9.17) is 15.0 Å². The van der Waals surface area contributed by atoms with Gasteiger partial charge in [-0.2, -0.15) is 26.3 Å². The largest absolute Gasteiger partial charge is 0.416 e. The highest BCUT2D eigenvalue weighted by Gasteiger charge is 2.37. The molecule has 5 nitrogen and oxygen atoms in total. The van der Waals surface area contributed by atoms with Gasteiger partial charge in [0.25, 0.3) is 0 Å². The molecule has 3 heterocycles. The average Bonchev–Trinajstić information content (AvgIpc) is 3.83. The second-order valence-corrected chi connectivity index (χ2v) is 15.5. The quantitative estimate of drug-likeness (QED) is 0.157. The lowest BCUT2D eigenvalue weighted by atomic mass is 9.96. The third-order valence-electron chi connectivity index (χ3n) is 11.6. The van der Waals surface area contributed by atoms with E-state index in [-0.39, 0.29) is 23.0 Å². The summed E-state index contributed by atoms with van der Waals surface area (Å²) in [6, 6.07) is 55.2. The molecule has 0 saturated carbocycles. The van der Waals surface area contributed by atoms with E-state index in [1.54, 1.807) is 18.2 Å². The fourth-order valence-electron chi connectivity index (χ4n) is 8.71. The van der Waals surface area contributed by atoms with E-state index in [2.05, 4.69) is 34.9 Å². The summed E-state index contributed by atoms with van der Waals surface area (Å²) in [5, 5.41) is 3.83. The van der Waals surface area contributed by atoms with Gasteiger partial charge in [-0.05, 0) is 66.2 Å². The number of benzene rings is 8. The van der Waals surface area contributed by atoms with Gasteiger partial charge < -0.3 is 9.13 Å². The van der Waals surface area contributed by atoms with Gasteiger partial charge in [-0.1, -0.05) is 127 Å². The Kier molecular flexibility index (Phi) is 8.98. The molecule has 0 unspecified atom stereocenters. The summed E-state index contributed by atoms with van der Waals surface area (Å²) in [7, 11) is 0. The minimum absolute atomic E-state index is 0.134. The summed E-state index contributed by atoms with van der Waals surface area (Å²) >= 11 is 0. The lowest BCUT2D eigenvalue weighted by Crippen LogP contribution is -2.11. The van der Waals surface area contributed by atoms with Crippen molar-refractivity contribution < 1.29 is 26.3 Å². The fraction of sp³-hybridized carbons (Fsp3) is 0.0377. The molecule has 0 aliphatic rings. The van der Waals surface area contributed by atoms with Crippen LogP contribution < -0.4 is 0 Å². The maximum atomic E-state index is 14.4.